The van der Waals surface area contributed by atoms with E-state index in [0.29, 0.717) is 0 Å². The maximum absolute atomic E-state index is 4.51. The molecule has 0 amide bonds. The van der Waals surface area contributed by atoms with E-state index in [-0.39, 0.29) is 5.41 Å². The molecule has 20 heavy (non-hydrogen) atoms. The Hall–Kier alpha value is -2.11. The zero-order chi connectivity index (χ0) is 14.6. The first-order valence-electron chi connectivity index (χ1n) is 6.93. The molecule has 0 heterocycles. The minimum Gasteiger partial charge on any atom is -0.206 e. The Labute approximate surface area is 121 Å². The smallest absolute Gasteiger partial charge is 0.0787 e. The minimum absolute atomic E-state index is 0.0681. The van der Waals surface area contributed by atoms with E-state index in [1.165, 1.54) is 16.7 Å². The quantitative estimate of drug-likeness (QED) is 0.680. The molecule has 0 aromatic heterocycles. The van der Waals surface area contributed by atoms with Crippen LogP contribution in [0.15, 0.2) is 59.6 Å². The van der Waals surface area contributed by atoms with Gasteiger partial charge in [0.1, 0.15) is 0 Å². The van der Waals surface area contributed by atoms with Crippen molar-refractivity contribution in [3.05, 3.63) is 71.3 Å². The molecule has 0 N–H and O–H groups in total. The lowest BCUT2D eigenvalue weighted by molar-refractivity contribution is 0.675. The molecule has 1 nitrogen and oxygen atoms in total. The highest BCUT2D eigenvalue weighted by molar-refractivity contribution is 5.65. The second-order valence-corrected chi connectivity index (χ2v) is 5.71. The van der Waals surface area contributed by atoms with Crippen molar-refractivity contribution in [3.8, 4) is 0 Å². The Kier molecular flexibility index (Phi) is 4.22. The van der Waals surface area contributed by atoms with Crippen LogP contribution in [-0.4, -0.2) is 5.87 Å². The van der Waals surface area contributed by atoms with Crippen molar-refractivity contribution < 1.29 is 0 Å². The fourth-order valence-electron chi connectivity index (χ4n) is 2.19. The predicted octanol–water partition coefficient (Wildman–Crippen LogP) is 5.14. The molecule has 2 rings (SSSR count). The lowest BCUT2D eigenvalue weighted by Crippen LogP contribution is -2.13. The van der Waals surface area contributed by atoms with E-state index in [1.54, 1.807) is 0 Å². The summed E-state index contributed by atoms with van der Waals surface area (Å²) in [6.07, 6.45) is 2.04. The van der Waals surface area contributed by atoms with E-state index in [2.05, 4.69) is 81.0 Å². The van der Waals surface area contributed by atoms with Crippen molar-refractivity contribution in [1.82, 2.24) is 0 Å². The molecule has 0 aliphatic rings. The maximum atomic E-state index is 4.51. The molecule has 0 aliphatic heterocycles. The van der Waals surface area contributed by atoms with E-state index in [9.17, 15) is 0 Å². The molecule has 0 aliphatic carbocycles. The monoisotopic (exact) mass is 263 g/mol. The summed E-state index contributed by atoms with van der Waals surface area (Å²) in [5.41, 5.74) is 4.59. The van der Waals surface area contributed by atoms with Gasteiger partial charge >= 0.3 is 0 Å². The van der Waals surface area contributed by atoms with Gasteiger partial charge in [0.25, 0.3) is 0 Å². The molecule has 0 unspecified atom stereocenters. The van der Waals surface area contributed by atoms with E-state index >= 15 is 0 Å². The molecule has 0 saturated carbocycles. The summed E-state index contributed by atoms with van der Waals surface area (Å²) in [5.74, 6) is 3.12. The number of benzene rings is 2. The first kappa shape index (κ1) is 14.3. The number of rotatable bonds is 3. The molecule has 1 heteroatoms. The van der Waals surface area contributed by atoms with Crippen LogP contribution in [0, 0.1) is 13.8 Å². The van der Waals surface area contributed by atoms with E-state index < -0.39 is 0 Å². The average Bonchev–Trinajstić information content (AvgIpc) is 2.43. The number of para-hydroxylation sites is 1. The third-order valence-corrected chi connectivity index (χ3v) is 3.56. The van der Waals surface area contributed by atoms with Gasteiger partial charge in [-0.2, -0.15) is 0 Å². The second kappa shape index (κ2) is 5.90. The topological polar surface area (TPSA) is 12.4 Å². The van der Waals surface area contributed by atoms with Gasteiger partial charge in [0.2, 0.25) is 0 Å². The van der Waals surface area contributed by atoms with E-state index in [0.717, 1.165) is 5.69 Å². The van der Waals surface area contributed by atoms with Gasteiger partial charge in [-0.1, -0.05) is 62.4 Å². The van der Waals surface area contributed by atoms with Crippen LogP contribution in [0.2, 0.25) is 0 Å². The maximum Gasteiger partial charge on any atom is 0.0787 e. The molecule has 0 radical (unpaired) electrons. The molecule has 2 aromatic rings. The van der Waals surface area contributed by atoms with Gasteiger partial charge in [-0.3, -0.25) is 0 Å². The van der Waals surface area contributed by atoms with Crippen LogP contribution in [0.1, 0.15) is 30.5 Å². The van der Waals surface area contributed by atoms with Crippen LogP contribution in [0.3, 0.4) is 0 Å². The first-order chi connectivity index (χ1) is 9.50. The number of aryl methyl sites for hydroxylation is 2. The molecule has 0 bridgehead atoms. The standard InChI is InChI=1S/C19H21N/c1-15-9-8-10-16(2)18(15)20-14-13-19(3,4)17-11-6-5-7-12-17/h5-13H,1-4H3. The normalized spacial score (nSPS) is 10.8. The summed E-state index contributed by atoms with van der Waals surface area (Å²) in [6.45, 7) is 8.51. The molecule has 2 aromatic carbocycles. The van der Waals surface area contributed by atoms with Gasteiger partial charge in [0.15, 0.2) is 0 Å². The van der Waals surface area contributed by atoms with Gasteiger partial charge in [-0.15, -0.1) is 0 Å². The highest BCUT2D eigenvalue weighted by Gasteiger charge is 2.16. The summed E-state index contributed by atoms with van der Waals surface area (Å²) in [6, 6.07) is 16.6. The van der Waals surface area contributed by atoms with Crippen LogP contribution in [-0.2, 0) is 5.41 Å². The summed E-state index contributed by atoms with van der Waals surface area (Å²) >= 11 is 0. The first-order valence-corrected chi connectivity index (χ1v) is 6.93. The van der Waals surface area contributed by atoms with Crippen molar-refractivity contribution in [3.63, 3.8) is 0 Å². The SMILES string of the molecule is Cc1cccc(C)c1N=C=CC(C)(C)c1ccccc1. The molecule has 0 atom stereocenters. The number of hydrogen-bond acceptors (Lipinski definition) is 1. The van der Waals surface area contributed by atoms with Crippen LogP contribution in [0.5, 0.6) is 0 Å². The lowest BCUT2D eigenvalue weighted by Gasteiger charge is -2.19. The van der Waals surface area contributed by atoms with Crippen molar-refractivity contribution in [1.29, 1.82) is 0 Å². The number of aliphatic imine (C=N–C) groups is 1. The molecule has 0 saturated heterocycles. The fraction of sp³-hybridized carbons (Fsp3) is 0.263. The number of nitrogens with zero attached hydrogens (tertiary/aromatic N) is 1. The highest BCUT2D eigenvalue weighted by atomic mass is 14.7. The van der Waals surface area contributed by atoms with E-state index in [4.69, 9.17) is 0 Å². The third kappa shape index (κ3) is 3.26. The van der Waals surface area contributed by atoms with E-state index in [1.807, 2.05) is 12.1 Å². The Balaban J connectivity index is 2.31. The lowest BCUT2D eigenvalue weighted by atomic mass is 9.85. The Morgan fingerprint density at radius 3 is 2.10 bits per heavy atom. The van der Waals surface area contributed by atoms with Crippen LogP contribution < -0.4 is 0 Å². The summed E-state index contributed by atoms with van der Waals surface area (Å²) in [7, 11) is 0. The molecule has 0 spiro atoms. The van der Waals surface area contributed by atoms with Crippen LogP contribution in [0.25, 0.3) is 0 Å². The second-order valence-electron chi connectivity index (χ2n) is 5.71. The summed E-state index contributed by atoms with van der Waals surface area (Å²) in [4.78, 5) is 4.51. The van der Waals surface area contributed by atoms with Crippen LogP contribution in [0.4, 0.5) is 5.69 Å². The van der Waals surface area contributed by atoms with Crippen LogP contribution >= 0.6 is 0 Å². The summed E-state index contributed by atoms with van der Waals surface area (Å²) < 4.78 is 0. The van der Waals surface area contributed by atoms with Crippen molar-refractivity contribution in [2.75, 3.05) is 0 Å². The summed E-state index contributed by atoms with van der Waals surface area (Å²) in [5, 5.41) is 0. The average molecular weight is 263 g/mol. The van der Waals surface area contributed by atoms with Crippen molar-refractivity contribution in [2.45, 2.75) is 33.1 Å². The number of hydrogen-bond donors (Lipinski definition) is 0. The van der Waals surface area contributed by atoms with Gasteiger partial charge in [0, 0.05) is 5.41 Å². The van der Waals surface area contributed by atoms with Gasteiger partial charge in [-0.25, -0.2) is 4.99 Å². The Morgan fingerprint density at radius 2 is 1.50 bits per heavy atom. The Morgan fingerprint density at radius 1 is 0.900 bits per heavy atom. The molecular formula is C19H21N. The molecule has 0 fully saturated rings. The van der Waals surface area contributed by atoms with Gasteiger partial charge in [0.05, 0.1) is 5.69 Å². The highest BCUT2D eigenvalue weighted by Crippen LogP contribution is 2.24. The van der Waals surface area contributed by atoms with Crippen molar-refractivity contribution >= 4 is 11.6 Å². The molecular weight excluding hydrogens is 242 g/mol. The zero-order valence-corrected chi connectivity index (χ0v) is 12.6. The largest absolute Gasteiger partial charge is 0.206 e. The third-order valence-electron chi connectivity index (χ3n) is 3.56. The predicted molar refractivity (Wildman–Crippen MR) is 87.0 cm³/mol. The minimum atomic E-state index is -0.0681. The van der Waals surface area contributed by atoms with Gasteiger partial charge < -0.3 is 0 Å². The Bertz CT molecular complexity index is 624. The number of allylic oxidation sites excluding steroid dienone is 1. The molecule has 102 valence electrons. The zero-order valence-electron chi connectivity index (χ0n) is 12.6. The van der Waals surface area contributed by atoms with Crippen molar-refractivity contribution in [2.24, 2.45) is 4.99 Å². The van der Waals surface area contributed by atoms with Gasteiger partial charge in [-0.05, 0) is 42.5 Å². The fourth-order valence-corrected chi connectivity index (χ4v) is 2.19.